The molecule has 5 rings (SSSR count). The van der Waals surface area contributed by atoms with E-state index in [1.165, 1.54) is 0 Å². The van der Waals surface area contributed by atoms with Crippen molar-refractivity contribution in [3.05, 3.63) is 17.7 Å². The van der Waals surface area contributed by atoms with Gasteiger partial charge in [-0.05, 0) is 18.0 Å². The Bertz CT molecular complexity index is 1010. The summed E-state index contributed by atoms with van der Waals surface area (Å²) in [7, 11) is 0. The lowest BCUT2D eigenvalue weighted by molar-refractivity contribution is 0.122. The first-order chi connectivity index (χ1) is 14.2. The molecule has 2 aliphatic heterocycles. The van der Waals surface area contributed by atoms with E-state index in [1.807, 2.05) is 4.57 Å². The van der Waals surface area contributed by atoms with Crippen molar-refractivity contribution in [1.82, 2.24) is 29.5 Å². The molecule has 3 aromatic heterocycles. The van der Waals surface area contributed by atoms with Crippen molar-refractivity contribution in [2.75, 3.05) is 50.2 Å². The molecule has 0 radical (unpaired) electrons. The van der Waals surface area contributed by atoms with E-state index in [0.29, 0.717) is 53.5 Å². The van der Waals surface area contributed by atoms with E-state index in [-0.39, 0.29) is 5.95 Å². The molecule has 2 N–H and O–H groups in total. The number of ether oxygens (including phenoxy) is 2. The fraction of sp³-hybridized carbons (Fsp3) is 0.500. The maximum absolute atomic E-state index is 6.53. The number of nitrogens with two attached hydrogens (primary N) is 1. The van der Waals surface area contributed by atoms with Gasteiger partial charge in [0.25, 0.3) is 0 Å². The molecule has 5 heterocycles. The van der Waals surface area contributed by atoms with Gasteiger partial charge in [-0.2, -0.15) is 0 Å². The highest BCUT2D eigenvalue weighted by Crippen LogP contribution is 2.31. The lowest BCUT2D eigenvalue weighted by atomic mass is 10.1. The number of anilines is 2. The summed E-state index contributed by atoms with van der Waals surface area (Å²) in [5.74, 6) is 1.85. The van der Waals surface area contributed by atoms with Crippen LogP contribution in [0, 0.1) is 5.92 Å². The average molecular weight is 417 g/mol. The van der Waals surface area contributed by atoms with Gasteiger partial charge in [0.1, 0.15) is 0 Å². The van der Waals surface area contributed by atoms with E-state index in [2.05, 4.69) is 19.9 Å². The van der Waals surface area contributed by atoms with Gasteiger partial charge in [-0.25, -0.2) is 24.9 Å². The predicted molar refractivity (Wildman–Crippen MR) is 108 cm³/mol. The number of rotatable bonds is 4. The number of halogens is 1. The Labute approximate surface area is 172 Å². The van der Waals surface area contributed by atoms with Gasteiger partial charge in [-0.1, -0.05) is 0 Å². The number of hydrogen-bond donors (Lipinski definition) is 1. The number of nitrogen functional groups attached to an aromatic ring is 1. The quantitative estimate of drug-likeness (QED) is 0.629. The number of aromatic nitrogens is 6. The summed E-state index contributed by atoms with van der Waals surface area (Å²) in [5, 5.41) is 0.404. The molecule has 0 saturated carbocycles. The number of fused-ring (bicyclic) bond motifs is 1. The number of morpholine rings is 1. The second-order valence-corrected chi connectivity index (χ2v) is 7.53. The fourth-order valence-electron chi connectivity index (χ4n) is 3.69. The van der Waals surface area contributed by atoms with E-state index in [1.54, 1.807) is 12.4 Å². The molecular weight excluding hydrogens is 396 g/mol. The molecule has 10 nitrogen and oxygen atoms in total. The zero-order valence-electron chi connectivity index (χ0n) is 15.8. The first-order valence-corrected chi connectivity index (χ1v) is 9.99. The summed E-state index contributed by atoms with van der Waals surface area (Å²) < 4.78 is 13.0. The van der Waals surface area contributed by atoms with Crippen LogP contribution < -0.4 is 10.6 Å². The van der Waals surface area contributed by atoms with Crippen LogP contribution in [0.5, 0.6) is 0 Å². The summed E-state index contributed by atoms with van der Waals surface area (Å²) >= 11 is 6.53. The van der Waals surface area contributed by atoms with Gasteiger partial charge in [-0.3, -0.25) is 4.57 Å². The summed E-state index contributed by atoms with van der Waals surface area (Å²) in [5.41, 5.74) is 7.71. The van der Waals surface area contributed by atoms with Crippen LogP contribution in [0.3, 0.4) is 0 Å². The Balaban J connectivity index is 1.65. The van der Waals surface area contributed by atoms with Crippen LogP contribution >= 0.6 is 11.6 Å². The zero-order valence-corrected chi connectivity index (χ0v) is 16.5. The van der Waals surface area contributed by atoms with Crippen LogP contribution in [0.25, 0.3) is 22.6 Å². The van der Waals surface area contributed by atoms with Crippen molar-refractivity contribution in [3.63, 3.8) is 0 Å². The largest absolute Gasteiger partial charge is 0.381 e. The molecule has 0 spiro atoms. The van der Waals surface area contributed by atoms with Gasteiger partial charge in [0.15, 0.2) is 22.8 Å². The smallest absolute Gasteiger partial charge is 0.219 e. The first kappa shape index (κ1) is 18.5. The van der Waals surface area contributed by atoms with E-state index >= 15 is 0 Å². The molecule has 2 aliphatic rings. The molecular formula is C18H21ClN8O2. The third-order valence-corrected chi connectivity index (χ3v) is 5.52. The third-order valence-electron chi connectivity index (χ3n) is 5.24. The van der Waals surface area contributed by atoms with Crippen molar-refractivity contribution < 1.29 is 9.47 Å². The van der Waals surface area contributed by atoms with Crippen LogP contribution in [-0.2, 0) is 16.0 Å². The minimum absolute atomic E-state index is 0.206. The number of nitrogens with zero attached hydrogens (tertiary/aromatic N) is 7. The second-order valence-electron chi connectivity index (χ2n) is 7.19. The van der Waals surface area contributed by atoms with Crippen LogP contribution in [-0.4, -0.2) is 69.0 Å². The lowest BCUT2D eigenvalue weighted by Crippen LogP contribution is -2.37. The predicted octanol–water partition coefficient (Wildman–Crippen LogP) is 1.39. The van der Waals surface area contributed by atoms with Gasteiger partial charge >= 0.3 is 0 Å². The first-order valence-electron chi connectivity index (χ1n) is 9.61. The Morgan fingerprint density at radius 2 is 1.86 bits per heavy atom. The molecule has 1 atom stereocenters. The van der Waals surface area contributed by atoms with E-state index in [9.17, 15) is 0 Å². The highest BCUT2D eigenvalue weighted by atomic mass is 35.5. The summed E-state index contributed by atoms with van der Waals surface area (Å²) in [6.07, 6.45) is 4.25. The van der Waals surface area contributed by atoms with Crippen LogP contribution in [0.1, 0.15) is 6.42 Å². The van der Waals surface area contributed by atoms with Crippen LogP contribution in [0.2, 0.25) is 5.28 Å². The summed E-state index contributed by atoms with van der Waals surface area (Å²) in [6.45, 7) is 4.92. The van der Waals surface area contributed by atoms with Crippen LogP contribution in [0.4, 0.5) is 11.8 Å². The summed E-state index contributed by atoms with van der Waals surface area (Å²) in [4.78, 5) is 24.5. The topological polar surface area (TPSA) is 117 Å². The van der Waals surface area contributed by atoms with Gasteiger partial charge in [0, 0.05) is 44.6 Å². The zero-order chi connectivity index (χ0) is 19.8. The molecule has 2 fully saturated rings. The van der Waals surface area contributed by atoms with Gasteiger partial charge < -0.3 is 20.1 Å². The Kier molecular flexibility index (Phi) is 4.90. The highest BCUT2D eigenvalue weighted by molar-refractivity contribution is 6.29. The third kappa shape index (κ3) is 3.59. The number of imidazole rings is 1. The maximum atomic E-state index is 6.53. The second kappa shape index (κ2) is 7.69. The Morgan fingerprint density at radius 1 is 1.07 bits per heavy atom. The molecule has 1 unspecified atom stereocenters. The standard InChI is InChI=1S/C18H21ClN8O2/c19-17-23-13-15(26-2-5-28-6-3-26)24-14(12-7-21-18(20)22-8-12)25-16(13)27(17)9-11-1-4-29-10-11/h7-8,11H,1-6,9-10H2,(H2,20,21,22). The minimum atomic E-state index is 0.206. The van der Waals surface area contributed by atoms with Crippen molar-refractivity contribution >= 4 is 34.5 Å². The van der Waals surface area contributed by atoms with E-state index < -0.39 is 0 Å². The van der Waals surface area contributed by atoms with E-state index in [0.717, 1.165) is 38.5 Å². The molecule has 2 saturated heterocycles. The minimum Gasteiger partial charge on any atom is -0.381 e. The van der Waals surface area contributed by atoms with Crippen molar-refractivity contribution in [1.29, 1.82) is 0 Å². The maximum Gasteiger partial charge on any atom is 0.219 e. The molecule has 0 aliphatic carbocycles. The van der Waals surface area contributed by atoms with E-state index in [4.69, 9.17) is 36.8 Å². The highest BCUT2D eigenvalue weighted by Gasteiger charge is 2.25. The molecule has 0 aromatic carbocycles. The van der Waals surface area contributed by atoms with Gasteiger partial charge in [-0.15, -0.1) is 0 Å². The molecule has 0 amide bonds. The molecule has 152 valence electrons. The normalized spacial score (nSPS) is 19.9. The van der Waals surface area contributed by atoms with Gasteiger partial charge in [0.05, 0.1) is 25.4 Å². The molecule has 3 aromatic rings. The lowest BCUT2D eigenvalue weighted by Gasteiger charge is -2.28. The Hall–Kier alpha value is -2.56. The monoisotopic (exact) mass is 416 g/mol. The molecule has 11 heteroatoms. The van der Waals surface area contributed by atoms with Crippen LogP contribution in [0.15, 0.2) is 12.4 Å². The SMILES string of the molecule is Nc1ncc(-c2nc(N3CCOCC3)c3nc(Cl)n(CC4CCOC4)c3n2)cn1. The summed E-state index contributed by atoms with van der Waals surface area (Å²) in [6, 6.07) is 0. The van der Waals surface area contributed by atoms with Crippen molar-refractivity contribution in [2.45, 2.75) is 13.0 Å². The average Bonchev–Trinajstić information content (AvgIpc) is 3.37. The van der Waals surface area contributed by atoms with Crippen molar-refractivity contribution in [3.8, 4) is 11.4 Å². The molecule has 0 bridgehead atoms. The fourth-order valence-corrected chi connectivity index (χ4v) is 3.92. The van der Waals surface area contributed by atoms with Gasteiger partial charge in [0.2, 0.25) is 11.2 Å². The number of hydrogen-bond acceptors (Lipinski definition) is 9. The molecule has 29 heavy (non-hydrogen) atoms. The van der Waals surface area contributed by atoms with Crippen molar-refractivity contribution in [2.24, 2.45) is 5.92 Å². The Morgan fingerprint density at radius 3 is 2.59 bits per heavy atom.